The fraction of sp³-hybridized carbons (Fsp3) is 0.125. The standard InChI is InChI=1S/C8H6BrF2NO2/c1-14-12-8(13)7-5(10)2-4(9)3-6(7)11/h2-3H,1H3,(H,12,13). The minimum Gasteiger partial charge on any atom is -0.277 e. The largest absolute Gasteiger partial charge is 0.280 e. The molecule has 0 saturated heterocycles. The van der Waals surface area contributed by atoms with Gasteiger partial charge in [-0.3, -0.25) is 9.63 Å². The van der Waals surface area contributed by atoms with Crippen molar-refractivity contribution in [2.45, 2.75) is 0 Å². The molecule has 1 aromatic rings. The average molecular weight is 266 g/mol. The molecule has 0 aliphatic heterocycles. The van der Waals surface area contributed by atoms with Crippen LogP contribution in [0.3, 0.4) is 0 Å². The van der Waals surface area contributed by atoms with Gasteiger partial charge in [0.25, 0.3) is 5.91 Å². The number of hydrogen-bond donors (Lipinski definition) is 1. The lowest BCUT2D eigenvalue weighted by atomic mass is 10.2. The summed E-state index contributed by atoms with van der Waals surface area (Å²) in [5.41, 5.74) is 1.16. The highest BCUT2D eigenvalue weighted by Gasteiger charge is 2.17. The second-order valence-electron chi connectivity index (χ2n) is 2.38. The maximum absolute atomic E-state index is 13.1. The van der Waals surface area contributed by atoms with Gasteiger partial charge < -0.3 is 0 Å². The number of rotatable bonds is 2. The average Bonchev–Trinajstić information content (AvgIpc) is 2.01. The molecule has 14 heavy (non-hydrogen) atoms. The van der Waals surface area contributed by atoms with Crippen LogP contribution in [0.4, 0.5) is 8.78 Å². The summed E-state index contributed by atoms with van der Waals surface area (Å²) in [5.74, 6) is -2.87. The monoisotopic (exact) mass is 265 g/mol. The topological polar surface area (TPSA) is 38.3 Å². The summed E-state index contributed by atoms with van der Waals surface area (Å²) in [6, 6.07) is 1.99. The van der Waals surface area contributed by atoms with Gasteiger partial charge in [-0.1, -0.05) is 15.9 Å². The van der Waals surface area contributed by atoms with Gasteiger partial charge in [0.15, 0.2) is 0 Å². The molecular weight excluding hydrogens is 260 g/mol. The number of benzene rings is 1. The Bertz CT molecular complexity index is 347. The number of hydroxylamine groups is 1. The first kappa shape index (κ1) is 11.1. The molecule has 0 spiro atoms. The summed E-state index contributed by atoms with van der Waals surface area (Å²) in [6.45, 7) is 0. The van der Waals surface area contributed by atoms with Gasteiger partial charge in [-0.05, 0) is 12.1 Å². The van der Waals surface area contributed by atoms with Crippen LogP contribution >= 0.6 is 15.9 Å². The molecule has 3 nitrogen and oxygen atoms in total. The van der Waals surface area contributed by atoms with E-state index in [1.165, 1.54) is 7.11 Å². The van der Waals surface area contributed by atoms with Gasteiger partial charge in [0.2, 0.25) is 0 Å². The van der Waals surface area contributed by atoms with E-state index >= 15 is 0 Å². The summed E-state index contributed by atoms with van der Waals surface area (Å²) in [5, 5.41) is 0. The lowest BCUT2D eigenvalue weighted by Gasteiger charge is -2.04. The predicted octanol–water partition coefficient (Wildman–Crippen LogP) is 2.02. The third-order valence-corrected chi connectivity index (χ3v) is 1.89. The second kappa shape index (κ2) is 4.47. The van der Waals surface area contributed by atoms with Gasteiger partial charge in [-0.2, -0.15) is 0 Å². The lowest BCUT2D eigenvalue weighted by molar-refractivity contribution is 0.0529. The minimum absolute atomic E-state index is 0.224. The van der Waals surface area contributed by atoms with Crippen molar-refractivity contribution < 1.29 is 18.4 Å². The molecular formula is C8H6BrF2NO2. The van der Waals surface area contributed by atoms with E-state index < -0.39 is 23.1 Å². The quantitative estimate of drug-likeness (QED) is 0.831. The smallest absolute Gasteiger partial charge is 0.277 e. The molecule has 0 unspecified atom stereocenters. The number of carbonyl (C=O) groups is 1. The predicted molar refractivity (Wildman–Crippen MR) is 48.5 cm³/mol. The minimum atomic E-state index is -0.963. The van der Waals surface area contributed by atoms with Crippen LogP contribution in [0, 0.1) is 11.6 Å². The third kappa shape index (κ3) is 2.27. The van der Waals surface area contributed by atoms with E-state index in [9.17, 15) is 13.6 Å². The number of hydrogen-bond acceptors (Lipinski definition) is 2. The Labute approximate surface area is 87.1 Å². The fourth-order valence-electron chi connectivity index (χ4n) is 0.903. The highest BCUT2D eigenvalue weighted by molar-refractivity contribution is 9.10. The van der Waals surface area contributed by atoms with E-state index in [0.29, 0.717) is 0 Å². The molecule has 0 saturated carbocycles. The van der Waals surface area contributed by atoms with E-state index in [-0.39, 0.29) is 4.47 Å². The molecule has 0 bridgehead atoms. The molecule has 0 heterocycles. The zero-order valence-electron chi connectivity index (χ0n) is 7.11. The number of nitrogens with one attached hydrogen (secondary N) is 1. The Morgan fingerprint density at radius 2 is 1.93 bits per heavy atom. The summed E-state index contributed by atoms with van der Waals surface area (Å²) in [4.78, 5) is 15.3. The van der Waals surface area contributed by atoms with E-state index in [1.54, 1.807) is 0 Å². The van der Waals surface area contributed by atoms with Gasteiger partial charge in [0.05, 0.1) is 7.11 Å². The van der Waals surface area contributed by atoms with Crippen LogP contribution in [0.1, 0.15) is 10.4 Å². The van der Waals surface area contributed by atoms with Gasteiger partial charge in [0, 0.05) is 4.47 Å². The van der Waals surface area contributed by atoms with Crippen molar-refractivity contribution in [2.75, 3.05) is 7.11 Å². The molecule has 0 aliphatic rings. The van der Waals surface area contributed by atoms with E-state index in [0.717, 1.165) is 12.1 Å². The van der Waals surface area contributed by atoms with Crippen molar-refractivity contribution in [3.05, 3.63) is 33.8 Å². The van der Waals surface area contributed by atoms with Crippen LogP contribution in [0.5, 0.6) is 0 Å². The van der Waals surface area contributed by atoms with E-state index in [2.05, 4.69) is 20.8 Å². The maximum Gasteiger partial charge on any atom is 0.280 e. The highest BCUT2D eigenvalue weighted by atomic mass is 79.9. The molecule has 6 heteroatoms. The van der Waals surface area contributed by atoms with E-state index in [4.69, 9.17) is 0 Å². The Balaban J connectivity index is 3.14. The lowest BCUT2D eigenvalue weighted by Crippen LogP contribution is -2.24. The van der Waals surface area contributed by atoms with Crippen LogP contribution in [-0.2, 0) is 4.84 Å². The molecule has 0 aliphatic carbocycles. The van der Waals surface area contributed by atoms with Crippen LogP contribution in [-0.4, -0.2) is 13.0 Å². The van der Waals surface area contributed by atoms with Crippen molar-refractivity contribution in [2.24, 2.45) is 0 Å². The Hall–Kier alpha value is -1.01. The number of halogens is 3. The van der Waals surface area contributed by atoms with Crippen molar-refractivity contribution in [3.8, 4) is 0 Å². The fourth-order valence-corrected chi connectivity index (χ4v) is 1.30. The van der Waals surface area contributed by atoms with Crippen molar-refractivity contribution in [1.82, 2.24) is 5.48 Å². The molecule has 1 N–H and O–H groups in total. The van der Waals surface area contributed by atoms with Crippen molar-refractivity contribution >= 4 is 21.8 Å². The molecule has 1 rings (SSSR count). The summed E-state index contributed by atoms with van der Waals surface area (Å²) in [6.07, 6.45) is 0. The molecule has 0 radical (unpaired) electrons. The van der Waals surface area contributed by atoms with Gasteiger partial charge in [-0.25, -0.2) is 14.3 Å². The molecule has 0 fully saturated rings. The molecule has 0 atom stereocenters. The normalized spacial score (nSPS) is 10.0. The van der Waals surface area contributed by atoms with Gasteiger partial charge >= 0.3 is 0 Å². The molecule has 1 amide bonds. The third-order valence-electron chi connectivity index (χ3n) is 1.43. The Morgan fingerprint density at radius 3 is 2.36 bits per heavy atom. The maximum atomic E-state index is 13.1. The summed E-state index contributed by atoms with van der Waals surface area (Å²) in [7, 11) is 1.17. The summed E-state index contributed by atoms with van der Waals surface area (Å²) >= 11 is 2.89. The molecule has 76 valence electrons. The zero-order chi connectivity index (χ0) is 10.7. The van der Waals surface area contributed by atoms with Crippen LogP contribution in [0.25, 0.3) is 0 Å². The second-order valence-corrected chi connectivity index (χ2v) is 3.30. The zero-order valence-corrected chi connectivity index (χ0v) is 8.69. The van der Waals surface area contributed by atoms with Gasteiger partial charge in [-0.15, -0.1) is 0 Å². The highest BCUT2D eigenvalue weighted by Crippen LogP contribution is 2.19. The van der Waals surface area contributed by atoms with Crippen LogP contribution in [0.15, 0.2) is 16.6 Å². The Morgan fingerprint density at radius 1 is 1.43 bits per heavy atom. The van der Waals surface area contributed by atoms with Crippen molar-refractivity contribution in [1.29, 1.82) is 0 Å². The van der Waals surface area contributed by atoms with Crippen LogP contribution < -0.4 is 5.48 Å². The summed E-state index contributed by atoms with van der Waals surface area (Å²) < 4.78 is 26.4. The first-order valence-corrected chi connectivity index (χ1v) is 4.33. The molecule has 0 aromatic heterocycles. The molecule has 1 aromatic carbocycles. The number of carbonyl (C=O) groups excluding carboxylic acids is 1. The van der Waals surface area contributed by atoms with Crippen molar-refractivity contribution in [3.63, 3.8) is 0 Å². The first-order valence-electron chi connectivity index (χ1n) is 3.54. The van der Waals surface area contributed by atoms with Gasteiger partial charge in [0.1, 0.15) is 17.2 Å². The van der Waals surface area contributed by atoms with Crippen LogP contribution in [0.2, 0.25) is 0 Å². The van der Waals surface area contributed by atoms with E-state index in [1.807, 2.05) is 5.48 Å². The Kier molecular flexibility index (Phi) is 3.54. The SMILES string of the molecule is CONC(=O)c1c(F)cc(Br)cc1F. The number of amides is 1. The first-order chi connectivity index (χ1) is 6.56.